The maximum atomic E-state index is 15.6. The molecule has 3 fully saturated rings. The zero-order chi connectivity index (χ0) is 44.2. The molecule has 6 heteroatoms. The van der Waals surface area contributed by atoms with E-state index >= 15 is 4.79 Å². The highest BCUT2D eigenvalue weighted by atomic mass is 31.1. The van der Waals surface area contributed by atoms with Gasteiger partial charge in [0.2, 0.25) is 0 Å². The van der Waals surface area contributed by atoms with E-state index in [-0.39, 0.29) is 39.7 Å². The van der Waals surface area contributed by atoms with Gasteiger partial charge in [0.15, 0.2) is 0 Å². The number of aromatic nitrogens is 1. The summed E-state index contributed by atoms with van der Waals surface area (Å²) in [6, 6.07) is 31.1. The van der Waals surface area contributed by atoms with Crippen LogP contribution in [0.3, 0.4) is 0 Å². The number of benzene rings is 4. The smallest absolute Gasteiger partial charge is 0.252 e. The van der Waals surface area contributed by atoms with Gasteiger partial charge in [-0.3, -0.25) is 14.7 Å². The molecule has 0 radical (unpaired) electrons. The molecular formula is C55H70N3O2P. The summed E-state index contributed by atoms with van der Waals surface area (Å²) in [6.07, 6.45) is 6.18. The van der Waals surface area contributed by atoms with Gasteiger partial charge in [0.1, 0.15) is 5.75 Å². The van der Waals surface area contributed by atoms with Crippen molar-refractivity contribution >= 4 is 40.6 Å². The van der Waals surface area contributed by atoms with Gasteiger partial charge < -0.3 is 10.1 Å². The van der Waals surface area contributed by atoms with Crippen molar-refractivity contribution in [3.8, 4) is 5.75 Å². The predicted molar refractivity (Wildman–Crippen MR) is 260 cm³/mol. The number of nitrogens with one attached hydrogen (secondary N) is 1. The summed E-state index contributed by atoms with van der Waals surface area (Å²) in [4.78, 5) is 22.9. The van der Waals surface area contributed by atoms with Crippen LogP contribution in [0.25, 0.3) is 10.9 Å². The fourth-order valence-electron chi connectivity index (χ4n) is 9.37. The Morgan fingerprint density at radius 1 is 0.787 bits per heavy atom. The molecule has 5 atom stereocenters. The summed E-state index contributed by atoms with van der Waals surface area (Å²) in [7, 11) is 0.501. The number of hydrogen-bond acceptors (Lipinski definition) is 4. The molecule has 0 saturated carbocycles. The number of ether oxygens (including phenoxy) is 1. The maximum Gasteiger partial charge on any atom is 0.252 e. The molecule has 4 heterocycles. The molecule has 4 unspecified atom stereocenters. The van der Waals surface area contributed by atoms with Crippen LogP contribution in [0.5, 0.6) is 5.75 Å². The zero-order valence-corrected chi connectivity index (χ0v) is 40.1. The molecule has 0 spiro atoms. The average molecular weight is 836 g/mol. The number of piperidine rings is 3. The molecule has 3 aliphatic rings. The SMILES string of the molecule is C=CC1CN2CCC1CC2[C@@H](NC(=O)c1ccccc1P(c1cc(C(C)(C)C)cc(C(C)(C)C)c1)c1cc(C(C)(C)C)cc(C(C)(C)C)c1)c1ccnc2ccc(OC)cc12. The van der Waals surface area contributed by atoms with Crippen molar-refractivity contribution in [2.75, 3.05) is 20.2 Å². The molecule has 2 bridgehead atoms. The number of nitrogens with zero attached hydrogens (tertiary/aromatic N) is 2. The predicted octanol–water partition coefficient (Wildman–Crippen LogP) is 11.6. The summed E-state index contributed by atoms with van der Waals surface area (Å²) in [5.41, 5.74) is 7.66. The highest BCUT2D eigenvalue weighted by Gasteiger charge is 2.44. The van der Waals surface area contributed by atoms with E-state index in [1.165, 1.54) is 32.9 Å². The number of amides is 1. The minimum atomic E-state index is -1.20. The normalized spacial score (nSPS) is 20.2. The highest BCUT2D eigenvalue weighted by Crippen LogP contribution is 2.44. The van der Waals surface area contributed by atoms with Crippen LogP contribution in [-0.4, -0.2) is 42.0 Å². The van der Waals surface area contributed by atoms with Gasteiger partial charge in [-0.15, -0.1) is 6.58 Å². The number of methoxy groups -OCH3 is 1. The zero-order valence-electron chi connectivity index (χ0n) is 39.2. The van der Waals surface area contributed by atoms with E-state index in [2.05, 4.69) is 173 Å². The number of rotatable bonds is 9. The van der Waals surface area contributed by atoms with Crippen LogP contribution < -0.4 is 26.0 Å². The molecule has 3 saturated heterocycles. The van der Waals surface area contributed by atoms with E-state index in [4.69, 9.17) is 9.72 Å². The van der Waals surface area contributed by atoms with Gasteiger partial charge in [0, 0.05) is 29.7 Å². The van der Waals surface area contributed by atoms with Crippen molar-refractivity contribution < 1.29 is 9.53 Å². The average Bonchev–Trinajstić information content (AvgIpc) is 3.21. The van der Waals surface area contributed by atoms with Crippen LogP contribution in [0, 0.1) is 11.8 Å². The van der Waals surface area contributed by atoms with Crippen LogP contribution >= 0.6 is 7.92 Å². The van der Waals surface area contributed by atoms with Crippen molar-refractivity contribution in [3.63, 3.8) is 0 Å². The lowest BCUT2D eigenvalue weighted by Gasteiger charge is -2.51. The van der Waals surface area contributed by atoms with Gasteiger partial charge in [0.05, 0.1) is 18.7 Å². The summed E-state index contributed by atoms with van der Waals surface area (Å²) in [5, 5.41) is 8.37. The van der Waals surface area contributed by atoms with Crippen molar-refractivity contribution in [3.05, 3.63) is 137 Å². The highest BCUT2D eigenvalue weighted by molar-refractivity contribution is 7.80. The number of fused-ring (bicyclic) bond motifs is 4. The molecule has 0 aliphatic carbocycles. The fourth-order valence-corrected chi connectivity index (χ4v) is 11.9. The van der Waals surface area contributed by atoms with Gasteiger partial charge in [0.25, 0.3) is 5.91 Å². The molecule has 3 aliphatic heterocycles. The molecule has 1 N–H and O–H groups in total. The fraction of sp³-hybridized carbons (Fsp3) is 0.455. The molecule has 322 valence electrons. The van der Waals surface area contributed by atoms with Crippen LogP contribution in [-0.2, 0) is 21.7 Å². The first kappa shape index (κ1) is 44.7. The summed E-state index contributed by atoms with van der Waals surface area (Å²) in [5.74, 6) is 1.73. The van der Waals surface area contributed by atoms with E-state index in [9.17, 15) is 0 Å². The molecule has 1 aromatic heterocycles. The van der Waals surface area contributed by atoms with Gasteiger partial charge in [-0.2, -0.15) is 0 Å². The lowest BCUT2D eigenvalue weighted by Crippen LogP contribution is -2.57. The van der Waals surface area contributed by atoms with Gasteiger partial charge in [-0.1, -0.05) is 144 Å². The van der Waals surface area contributed by atoms with E-state index in [1.807, 2.05) is 24.4 Å². The second-order valence-corrected chi connectivity index (χ2v) is 24.1. The molecular weight excluding hydrogens is 766 g/mol. The van der Waals surface area contributed by atoms with Crippen LogP contribution in [0.2, 0.25) is 0 Å². The van der Waals surface area contributed by atoms with Crippen molar-refractivity contribution in [1.82, 2.24) is 15.2 Å². The van der Waals surface area contributed by atoms with Crippen LogP contribution in [0.15, 0.2) is 104 Å². The second-order valence-electron chi connectivity index (χ2n) is 21.9. The molecule has 4 aromatic carbocycles. The topological polar surface area (TPSA) is 54.5 Å². The largest absolute Gasteiger partial charge is 0.497 e. The maximum absolute atomic E-state index is 15.6. The van der Waals surface area contributed by atoms with E-state index < -0.39 is 7.92 Å². The van der Waals surface area contributed by atoms with Crippen molar-refractivity contribution in [1.29, 1.82) is 0 Å². The van der Waals surface area contributed by atoms with Gasteiger partial charge in [-0.05, 0) is 135 Å². The molecule has 1 amide bonds. The third kappa shape index (κ3) is 9.40. The third-order valence-corrected chi connectivity index (χ3v) is 15.8. The molecule has 61 heavy (non-hydrogen) atoms. The monoisotopic (exact) mass is 836 g/mol. The number of carbonyl (C=O) groups is 1. The minimum Gasteiger partial charge on any atom is -0.497 e. The Kier molecular flexibility index (Phi) is 12.3. The Morgan fingerprint density at radius 3 is 1.84 bits per heavy atom. The molecule has 5 nitrogen and oxygen atoms in total. The van der Waals surface area contributed by atoms with Gasteiger partial charge >= 0.3 is 0 Å². The Hall–Kier alpha value is -4.31. The van der Waals surface area contributed by atoms with Crippen molar-refractivity contribution in [2.45, 2.75) is 130 Å². The quantitative estimate of drug-likeness (QED) is 0.119. The minimum absolute atomic E-state index is 0.0464. The first-order chi connectivity index (χ1) is 28.6. The lowest BCUT2D eigenvalue weighted by atomic mass is 9.73. The lowest BCUT2D eigenvalue weighted by molar-refractivity contribution is 0.00171. The summed E-state index contributed by atoms with van der Waals surface area (Å²) >= 11 is 0. The first-order valence-corrected chi connectivity index (χ1v) is 23.7. The Bertz CT molecular complexity index is 2280. The Labute approximate surface area is 368 Å². The van der Waals surface area contributed by atoms with Gasteiger partial charge in [-0.25, -0.2) is 0 Å². The number of hydrogen-bond donors (Lipinski definition) is 1. The Balaban J connectivity index is 1.44. The van der Waals surface area contributed by atoms with Crippen molar-refractivity contribution in [2.24, 2.45) is 11.8 Å². The third-order valence-electron chi connectivity index (χ3n) is 13.3. The summed E-state index contributed by atoms with van der Waals surface area (Å²) in [6.45, 7) is 33.9. The molecule has 5 aromatic rings. The number of carbonyl (C=O) groups excluding carboxylic acids is 1. The number of pyridine rings is 1. The first-order valence-electron chi connectivity index (χ1n) is 22.4. The van der Waals surface area contributed by atoms with Crippen LogP contribution in [0.4, 0.5) is 0 Å². The Morgan fingerprint density at radius 2 is 1.34 bits per heavy atom. The molecule has 8 rings (SSSR count). The van der Waals surface area contributed by atoms with E-state index in [0.717, 1.165) is 59.0 Å². The second kappa shape index (κ2) is 16.8. The van der Waals surface area contributed by atoms with E-state index in [0.29, 0.717) is 11.8 Å². The standard InChI is InChI=1S/C55H70N3O2P/c1-15-35-34-58-25-23-36(35)26-48(58)50(44-22-24-56-47-21-20-41(60-14)33-46(44)47)57-51(59)45-18-16-17-19-49(45)61(42-29-37(52(2,3)4)27-38(30-42)53(5,6)7)43-31-39(54(8,9)10)28-40(32-43)55(11,12)13/h15-22,24,27-33,35-36,48,50H,1,23,25-26,34H2,2-14H3,(H,57,59)/t35?,36?,48?,50-/m0/s1. The summed E-state index contributed by atoms with van der Waals surface area (Å²) < 4.78 is 5.74. The van der Waals surface area contributed by atoms with Crippen LogP contribution in [0.1, 0.15) is 140 Å². The van der Waals surface area contributed by atoms with E-state index in [1.54, 1.807) is 7.11 Å².